The van der Waals surface area contributed by atoms with Crippen molar-refractivity contribution in [2.45, 2.75) is 20.3 Å². The Bertz CT molecular complexity index is 723. The third-order valence-corrected chi connectivity index (χ3v) is 4.99. The second-order valence-corrected chi connectivity index (χ2v) is 5.73. The van der Waals surface area contributed by atoms with Crippen LogP contribution in [0.5, 0.6) is 0 Å². The van der Waals surface area contributed by atoms with Crippen LogP contribution in [0.4, 0.5) is 5.69 Å². The first-order chi connectivity index (χ1) is 8.99. The van der Waals surface area contributed by atoms with Crippen molar-refractivity contribution in [2.75, 3.05) is 0 Å². The fourth-order valence-electron chi connectivity index (χ4n) is 2.76. The van der Waals surface area contributed by atoms with E-state index in [1.54, 1.807) is 12.1 Å². The van der Waals surface area contributed by atoms with Crippen molar-refractivity contribution in [1.82, 2.24) is 0 Å². The number of nitro benzene ring substituents is 1. The molecular formula is C15H12BrNO2. The molecule has 0 fully saturated rings. The average Bonchev–Trinajstić information content (AvgIpc) is 2.74. The second-order valence-electron chi connectivity index (χ2n) is 4.93. The van der Waals surface area contributed by atoms with E-state index in [1.165, 1.54) is 22.3 Å². The molecule has 0 atom stereocenters. The minimum absolute atomic E-state index is 0.167. The predicted molar refractivity (Wildman–Crippen MR) is 78.5 cm³/mol. The molecule has 0 radical (unpaired) electrons. The molecule has 0 N–H and O–H groups in total. The van der Waals surface area contributed by atoms with Gasteiger partial charge in [0.1, 0.15) is 0 Å². The van der Waals surface area contributed by atoms with Crippen LogP contribution in [-0.4, -0.2) is 4.92 Å². The van der Waals surface area contributed by atoms with Gasteiger partial charge >= 0.3 is 0 Å². The van der Waals surface area contributed by atoms with Crippen molar-refractivity contribution < 1.29 is 4.92 Å². The predicted octanol–water partition coefficient (Wildman–Crippen LogP) is 4.55. The minimum Gasteiger partial charge on any atom is -0.258 e. The summed E-state index contributed by atoms with van der Waals surface area (Å²) in [5, 5.41) is 10.8. The van der Waals surface area contributed by atoms with Crippen LogP contribution in [0.15, 0.2) is 28.7 Å². The maximum Gasteiger partial charge on any atom is 0.269 e. The van der Waals surface area contributed by atoms with Crippen LogP contribution in [0, 0.1) is 24.0 Å². The molecule has 3 rings (SSSR count). The highest BCUT2D eigenvalue weighted by molar-refractivity contribution is 9.10. The van der Waals surface area contributed by atoms with Crippen LogP contribution in [-0.2, 0) is 6.42 Å². The van der Waals surface area contributed by atoms with E-state index in [4.69, 9.17) is 0 Å². The Morgan fingerprint density at radius 2 is 1.95 bits per heavy atom. The maximum absolute atomic E-state index is 10.8. The molecule has 96 valence electrons. The monoisotopic (exact) mass is 317 g/mol. The van der Waals surface area contributed by atoms with Crippen molar-refractivity contribution in [3.05, 3.63) is 61.1 Å². The smallest absolute Gasteiger partial charge is 0.258 e. The SMILES string of the molecule is Cc1cc2c(c(C)c1Br)Cc1cc([N+](=O)[O-])ccc1-2. The van der Waals surface area contributed by atoms with Gasteiger partial charge in [-0.3, -0.25) is 10.1 Å². The first-order valence-electron chi connectivity index (χ1n) is 6.05. The molecule has 0 saturated heterocycles. The molecule has 2 aromatic rings. The molecule has 2 aromatic carbocycles. The fraction of sp³-hybridized carbons (Fsp3) is 0.200. The summed E-state index contributed by atoms with van der Waals surface area (Å²) >= 11 is 3.61. The molecular weight excluding hydrogens is 306 g/mol. The fourth-order valence-corrected chi connectivity index (χ4v) is 3.11. The third-order valence-electron chi connectivity index (χ3n) is 3.77. The quantitative estimate of drug-likeness (QED) is 0.488. The van der Waals surface area contributed by atoms with Gasteiger partial charge in [-0.25, -0.2) is 0 Å². The molecule has 19 heavy (non-hydrogen) atoms. The van der Waals surface area contributed by atoms with Crippen molar-refractivity contribution in [3.63, 3.8) is 0 Å². The summed E-state index contributed by atoms with van der Waals surface area (Å²) in [5.41, 5.74) is 7.25. The van der Waals surface area contributed by atoms with E-state index in [9.17, 15) is 10.1 Å². The van der Waals surface area contributed by atoms with Crippen molar-refractivity contribution in [1.29, 1.82) is 0 Å². The van der Waals surface area contributed by atoms with E-state index in [0.717, 1.165) is 22.0 Å². The number of nitrogens with zero attached hydrogens (tertiary/aromatic N) is 1. The summed E-state index contributed by atoms with van der Waals surface area (Å²) in [6, 6.07) is 7.30. The number of halogens is 1. The lowest BCUT2D eigenvalue weighted by molar-refractivity contribution is -0.384. The van der Waals surface area contributed by atoms with Gasteiger partial charge in [-0.05, 0) is 65.8 Å². The van der Waals surface area contributed by atoms with Crippen LogP contribution in [0.25, 0.3) is 11.1 Å². The van der Waals surface area contributed by atoms with E-state index < -0.39 is 0 Å². The lowest BCUT2D eigenvalue weighted by Gasteiger charge is -2.09. The highest BCUT2D eigenvalue weighted by Crippen LogP contribution is 2.42. The van der Waals surface area contributed by atoms with E-state index in [2.05, 4.69) is 35.8 Å². The van der Waals surface area contributed by atoms with E-state index in [1.807, 2.05) is 6.07 Å². The van der Waals surface area contributed by atoms with E-state index >= 15 is 0 Å². The zero-order valence-corrected chi connectivity index (χ0v) is 12.2. The molecule has 0 spiro atoms. The lowest BCUT2D eigenvalue weighted by atomic mass is 9.99. The molecule has 0 unspecified atom stereocenters. The summed E-state index contributed by atoms with van der Waals surface area (Å²) in [6.45, 7) is 4.16. The van der Waals surface area contributed by atoms with Crippen molar-refractivity contribution in [2.24, 2.45) is 0 Å². The van der Waals surface area contributed by atoms with Gasteiger partial charge in [0.25, 0.3) is 5.69 Å². The number of benzene rings is 2. The first-order valence-corrected chi connectivity index (χ1v) is 6.84. The van der Waals surface area contributed by atoms with Crippen LogP contribution >= 0.6 is 15.9 Å². The molecule has 1 aliphatic rings. The van der Waals surface area contributed by atoms with Crippen molar-refractivity contribution in [3.8, 4) is 11.1 Å². The number of rotatable bonds is 1. The number of aryl methyl sites for hydroxylation is 1. The molecule has 3 nitrogen and oxygen atoms in total. The molecule has 0 amide bonds. The normalized spacial score (nSPS) is 12.2. The highest BCUT2D eigenvalue weighted by Gasteiger charge is 2.24. The van der Waals surface area contributed by atoms with E-state index in [-0.39, 0.29) is 10.6 Å². The van der Waals surface area contributed by atoms with Gasteiger partial charge in [0.05, 0.1) is 4.92 Å². The van der Waals surface area contributed by atoms with Crippen LogP contribution in [0.1, 0.15) is 22.3 Å². The second kappa shape index (κ2) is 4.17. The van der Waals surface area contributed by atoms with Crippen LogP contribution in [0.2, 0.25) is 0 Å². The Balaban J connectivity index is 2.22. The number of non-ortho nitro benzene ring substituents is 1. The zero-order valence-electron chi connectivity index (χ0n) is 10.7. The van der Waals surface area contributed by atoms with E-state index in [0.29, 0.717) is 0 Å². The standard InChI is InChI=1S/C15H12BrNO2/c1-8-5-14-12-4-3-11(17(18)19)6-10(12)7-13(14)9(2)15(8)16/h3-6H,7H2,1-2H3. The number of fused-ring (bicyclic) bond motifs is 3. The van der Waals surface area contributed by atoms with Gasteiger partial charge in [0, 0.05) is 16.6 Å². The zero-order chi connectivity index (χ0) is 13.7. The Kier molecular flexibility index (Phi) is 2.71. The largest absolute Gasteiger partial charge is 0.269 e. The molecule has 0 aromatic heterocycles. The summed E-state index contributed by atoms with van der Waals surface area (Å²) in [4.78, 5) is 10.5. The maximum atomic E-state index is 10.8. The van der Waals surface area contributed by atoms with Gasteiger partial charge < -0.3 is 0 Å². The highest BCUT2D eigenvalue weighted by atomic mass is 79.9. The van der Waals surface area contributed by atoms with Crippen LogP contribution < -0.4 is 0 Å². The molecule has 0 bridgehead atoms. The number of hydrogen-bond acceptors (Lipinski definition) is 2. The third kappa shape index (κ3) is 1.78. The molecule has 0 heterocycles. The molecule has 0 aliphatic heterocycles. The van der Waals surface area contributed by atoms with Gasteiger partial charge in [-0.15, -0.1) is 0 Å². The average molecular weight is 318 g/mol. The molecule has 4 heteroatoms. The van der Waals surface area contributed by atoms with Gasteiger partial charge in [-0.2, -0.15) is 0 Å². The topological polar surface area (TPSA) is 43.1 Å². The number of nitro groups is 1. The first kappa shape index (κ1) is 12.4. The summed E-state index contributed by atoms with van der Waals surface area (Å²) in [5.74, 6) is 0. The number of hydrogen-bond donors (Lipinski definition) is 0. The van der Waals surface area contributed by atoms with Gasteiger partial charge in [0.2, 0.25) is 0 Å². The Labute approximate surface area is 119 Å². The molecule has 0 saturated carbocycles. The lowest BCUT2D eigenvalue weighted by Crippen LogP contribution is -1.91. The Morgan fingerprint density at radius 3 is 2.63 bits per heavy atom. The van der Waals surface area contributed by atoms with Gasteiger partial charge in [0.15, 0.2) is 0 Å². The van der Waals surface area contributed by atoms with Crippen LogP contribution in [0.3, 0.4) is 0 Å². The Morgan fingerprint density at radius 1 is 1.21 bits per heavy atom. The summed E-state index contributed by atoms with van der Waals surface area (Å²) < 4.78 is 1.13. The Hall–Kier alpha value is -1.68. The van der Waals surface area contributed by atoms with Crippen molar-refractivity contribution >= 4 is 21.6 Å². The van der Waals surface area contributed by atoms with Gasteiger partial charge in [-0.1, -0.05) is 15.9 Å². The summed E-state index contributed by atoms with van der Waals surface area (Å²) in [6.07, 6.45) is 0.775. The summed E-state index contributed by atoms with van der Waals surface area (Å²) in [7, 11) is 0. The minimum atomic E-state index is -0.336. The molecule has 1 aliphatic carbocycles.